The predicted octanol–water partition coefficient (Wildman–Crippen LogP) is 2.96. The Morgan fingerprint density at radius 3 is 2.52 bits per heavy atom. The van der Waals surface area contributed by atoms with Gasteiger partial charge in [0.1, 0.15) is 6.33 Å². The van der Waals surface area contributed by atoms with Crippen molar-refractivity contribution >= 4 is 11.6 Å². The Morgan fingerprint density at radius 2 is 1.86 bits per heavy atom. The van der Waals surface area contributed by atoms with E-state index in [9.17, 15) is 0 Å². The van der Waals surface area contributed by atoms with Gasteiger partial charge in [-0.1, -0.05) is 30.3 Å². The zero-order valence-electron chi connectivity index (χ0n) is 12.8. The highest BCUT2D eigenvalue weighted by Gasteiger charge is 2.13. The molecule has 21 heavy (non-hydrogen) atoms. The van der Waals surface area contributed by atoms with Crippen molar-refractivity contribution in [2.24, 2.45) is 0 Å². The normalized spacial score (nSPS) is 11.8. The van der Waals surface area contributed by atoms with E-state index in [1.54, 1.807) is 7.11 Å². The number of methoxy groups -OCH3 is 1. The van der Waals surface area contributed by atoms with Crippen molar-refractivity contribution in [3.63, 3.8) is 0 Å². The first-order valence-corrected chi connectivity index (χ1v) is 7.18. The average molecular weight is 286 g/mol. The van der Waals surface area contributed by atoms with E-state index in [4.69, 9.17) is 4.74 Å². The predicted molar refractivity (Wildman–Crippen MR) is 86.0 cm³/mol. The van der Waals surface area contributed by atoms with E-state index < -0.39 is 0 Å². The fourth-order valence-corrected chi connectivity index (χ4v) is 2.22. The molecule has 5 nitrogen and oxygen atoms in total. The van der Waals surface area contributed by atoms with Gasteiger partial charge in [0, 0.05) is 12.6 Å². The molecule has 0 bridgehead atoms. The Hall–Kier alpha value is -2.30. The second kappa shape index (κ2) is 7.47. The maximum absolute atomic E-state index is 5.43. The van der Waals surface area contributed by atoms with Crippen molar-refractivity contribution in [2.45, 2.75) is 26.3 Å². The van der Waals surface area contributed by atoms with Gasteiger partial charge in [0.05, 0.1) is 7.11 Å². The lowest BCUT2D eigenvalue weighted by Crippen LogP contribution is -2.20. The second-order valence-corrected chi connectivity index (χ2v) is 4.87. The highest BCUT2D eigenvalue weighted by Crippen LogP contribution is 2.29. The minimum atomic E-state index is 0.241. The Kier molecular flexibility index (Phi) is 5.37. The molecule has 0 aliphatic rings. The molecule has 2 N–H and O–H groups in total. The zero-order valence-corrected chi connectivity index (χ0v) is 12.8. The second-order valence-electron chi connectivity index (χ2n) is 4.87. The first kappa shape index (κ1) is 15.1. The minimum absolute atomic E-state index is 0.241. The Balaban J connectivity index is 2.09. The topological polar surface area (TPSA) is 59.1 Å². The number of anilines is 2. The van der Waals surface area contributed by atoms with Crippen molar-refractivity contribution in [1.29, 1.82) is 0 Å². The molecule has 2 rings (SSSR count). The molecular weight excluding hydrogens is 264 g/mol. The summed E-state index contributed by atoms with van der Waals surface area (Å²) in [6.45, 7) is 4.93. The van der Waals surface area contributed by atoms with E-state index in [1.165, 1.54) is 11.9 Å². The monoisotopic (exact) mass is 286 g/mol. The number of hydrogen-bond acceptors (Lipinski definition) is 5. The van der Waals surface area contributed by atoms with Gasteiger partial charge in [-0.2, -0.15) is 0 Å². The Labute approximate surface area is 125 Å². The highest BCUT2D eigenvalue weighted by atomic mass is 16.5. The molecule has 112 valence electrons. The van der Waals surface area contributed by atoms with Crippen molar-refractivity contribution in [3.8, 4) is 5.75 Å². The summed E-state index contributed by atoms with van der Waals surface area (Å²) < 4.78 is 5.43. The number of nitrogens with zero attached hydrogens (tertiary/aromatic N) is 2. The van der Waals surface area contributed by atoms with Crippen LogP contribution in [0.15, 0.2) is 36.7 Å². The summed E-state index contributed by atoms with van der Waals surface area (Å²) in [4.78, 5) is 8.49. The van der Waals surface area contributed by atoms with E-state index >= 15 is 0 Å². The summed E-state index contributed by atoms with van der Waals surface area (Å²) in [7, 11) is 1.63. The van der Waals surface area contributed by atoms with Gasteiger partial charge in [-0.05, 0) is 25.8 Å². The van der Waals surface area contributed by atoms with Crippen LogP contribution in [0.25, 0.3) is 0 Å². The first-order chi connectivity index (χ1) is 10.2. The van der Waals surface area contributed by atoms with Crippen LogP contribution in [0.1, 0.15) is 19.4 Å². The first-order valence-electron chi connectivity index (χ1n) is 7.18. The summed E-state index contributed by atoms with van der Waals surface area (Å²) >= 11 is 0. The van der Waals surface area contributed by atoms with E-state index in [1.807, 2.05) is 13.0 Å². The van der Waals surface area contributed by atoms with Crippen molar-refractivity contribution in [3.05, 3.63) is 42.2 Å². The van der Waals surface area contributed by atoms with Crippen LogP contribution in [0.2, 0.25) is 0 Å². The van der Waals surface area contributed by atoms with Crippen molar-refractivity contribution < 1.29 is 4.74 Å². The lowest BCUT2D eigenvalue weighted by atomic mass is 10.1. The van der Waals surface area contributed by atoms with Crippen LogP contribution < -0.4 is 15.4 Å². The summed E-state index contributed by atoms with van der Waals surface area (Å²) in [6, 6.07) is 10.6. The molecule has 1 aromatic carbocycles. The molecule has 0 fully saturated rings. The SMILES string of the molecule is CCNc1ncnc(NC(C)Cc2ccccc2)c1OC. The molecule has 0 aliphatic heterocycles. The molecule has 0 amide bonds. The largest absolute Gasteiger partial charge is 0.490 e. The molecule has 0 spiro atoms. The average Bonchev–Trinajstić information content (AvgIpc) is 2.49. The molecule has 0 saturated carbocycles. The van der Waals surface area contributed by atoms with Crippen LogP contribution in [0.4, 0.5) is 11.6 Å². The van der Waals surface area contributed by atoms with Crippen molar-refractivity contribution in [1.82, 2.24) is 9.97 Å². The highest BCUT2D eigenvalue weighted by molar-refractivity contribution is 5.63. The minimum Gasteiger partial charge on any atom is -0.490 e. The molecule has 1 unspecified atom stereocenters. The van der Waals surface area contributed by atoms with E-state index in [2.05, 4.69) is 51.8 Å². The lowest BCUT2D eigenvalue weighted by Gasteiger charge is -2.18. The van der Waals surface area contributed by atoms with Gasteiger partial charge in [-0.3, -0.25) is 0 Å². The molecule has 1 heterocycles. The van der Waals surface area contributed by atoms with Gasteiger partial charge in [-0.15, -0.1) is 0 Å². The van der Waals surface area contributed by atoms with Gasteiger partial charge in [0.15, 0.2) is 11.6 Å². The smallest absolute Gasteiger partial charge is 0.204 e. The van der Waals surface area contributed by atoms with Gasteiger partial charge < -0.3 is 15.4 Å². The van der Waals surface area contributed by atoms with E-state index in [0.29, 0.717) is 17.4 Å². The summed E-state index contributed by atoms with van der Waals surface area (Å²) in [5.41, 5.74) is 1.29. The lowest BCUT2D eigenvalue weighted by molar-refractivity contribution is 0.414. The van der Waals surface area contributed by atoms with Crippen LogP contribution in [0, 0.1) is 0 Å². The van der Waals surface area contributed by atoms with Crippen LogP contribution >= 0.6 is 0 Å². The molecular formula is C16H22N4O. The maximum Gasteiger partial charge on any atom is 0.204 e. The fraction of sp³-hybridized carbons (Fsp3) is 0.375. The van der Waals surface area contributed by atoms with Gasteiger partial charge in [0.25, 0.3) is 0 Å². The number of rotatable bonds is 7. The third-order valence-corrected chi connectivity index (χ3v) is 3.12. The fourth-order valence-electron chi connectivity index (χ4n) is 2.22. The van der Waals surface area contributed by atoms with Gasteiger partial charge in [0.2, 0.25) is 5.75 Å². The zero-order chi connectivity index (χ0) is 15.1. The standard InChI is InChI=1S/C16H22N4O/c1-4-17-15-14(21-3)16(19-11-18-15)20-12(2)10-13-8-6-5-7-9-13/h5-9,11-12H,4,10H2,1-3H3,(H2,17,18,19,20). The molecule has 1 atom stereocenters. The van der Waals surface area contributed by atoms with Gasteiger partial charge >= 0.3 is 0 Å². The quantitative estimate of drug-likeness (QED) is 0.819. The number of aromatic nitrogens is 2. The Bertz CT molecular complexity index is 559. The number of ether oxygens (including phenoxy) is 1. The Morgan fingerprint density at radius 1 is 1.14 bits per heavy atom. The summed E-state index contributed by atoms with van der Waals surface area (Å²) in [6.07, 6.45) is 2.46. The molecule has 5 heteroatoms. The van der Waals surface area contributed by atoms with Crippen LogP contribution in [-0.4, -0.2) is 29.7 Å². The van der Waals surface area contributed by atoms with Crippen LogP contribution in [0.3, 0.4) is 0 Å². The van der Waals surface area contributed by atoms with Crippen molar-refractivity contribution in [2.75, 3.05) is 24.3 Å². The van der Waals surface area contributed by atoms with E-state index in [-0.39, 0.29) is 6.04 Å². The maximum atomic E-state index is 5.43. The molecule has 2 aromatic rings. The van der Waals surface area contributed by atoms with Crippen LogP contribution in [0.5, 0.6) is 5.75 Å². The molecule has 0 radical (unpaired) electrons. The third kappa shape index (κ3) is 4.08. The van der Waals surface area contributed by atoms with Crippen LogP contribution in [-0.2, 0) is 6.42 Å². The summed E-state index contributed by atoms with van der Waals surface area (Å²) in [5.74, 6) is 2.08. The summed E-state index contributed by atoms with van der Waals surface area (Å²) in [5, 5.41) is 6.57. The molecule has 0 saturated heterocycles. The third-order valence-electron chi connectivity index (χ3n) is 3.12. The van der Waals surface area contributed by atoms with Gasteiger partial charge in [-0.25, -0.2) is 9.97 Å². The number of benzene rings is 1. The molecule has 1 aromatic heterocycles. The van der Waals surface area contributed by atoms with E-state index in [0.717, 1.165) is 13.0 Å². The number of hydrogen-bond donors (Lipinski definition) is 2. The number of nitrogens with one attached hydrogen (secondary N) is 2. The molecule has 0 aliphatic carbocycles.